The minimum atomic E-state index is 0.555. The van der Waals surface area contributed by atoms with Crippen LogP contribution in [0.3, 0.4) is 0 Å². The fourth-order valence-corrected chi connectivity index (χ4v) is 2.12. The molecule has 1 aromatic rings. The maximum atomic E-state index is 3.53. The Kier molecular flexibility index (Phi) is 3.80. The lowest BCUT2D eigenvalue weighted by Crippen LogP contribution is -2.51. The van der Waals surface area contributed by atoms with Gasteiger partial charge in [-0.05, 0) is 31.7 Å². The van der Waals surface area contributed by atoms with Crippen molar-refractivity contribution in [1.29, 1.82) is 0 Å². The summed E-state index contributed by atoms with van der Waals surface area (Å²) < 4.78 is 0. The molecule has 0 spiro atoms. The van der Waals surface area contributed by atoms with Gasteiger partial charge in [-0.1, -0.05) is 12.1 Å². The lowest BCUT2D eigenvalue weighted by molar-refractivity contribution is 0.244. The molecule has 1 unspecified atom stereocenters. The highest BCUT2D eigenvalue weighted by molar-refractivity contribution is 5.45. The zero-order valence-corrected chi connectivity index (χ0v) is 10.2. The first-order valence-electron chi connectivity index (χ1n) is 5.96. The number of hydrogen-bond acceptors (Lipinski definition) is 3. The number of nitrogens with zero attached hydrogens (tertiary/aromatic N) is 1. The average molecular weight is 219 g/mol. The second kappa shape index (κ2) is 5.32. The van der Waals surface area contributed by atoms with Crippen LogP contribution in [-0.2, 0) is 0 Å². The molecule has 88 valence electrons. The van der Waals surface area contributed by atoms with Crippen molar-refractivity contribution in [2.45, 2.75) is 13.0 Å². The molecule has 1 aliphatic heterocycles. The number of nitrogens with one attached hydrogen (secondary N) is 2. The summed E-state index contributed by atoms with van der Waals surface area (Å²) in [4.78, 5) is 2.37. The Morgan fingerprint density at radius 2 is 2.38 bits per heavy atom. The molecule has 1 saturated heterocycles. The summed E-state index contributed by atoms with van der Waals surface area (Å²) in [6, 6.07) is 9.08. The number of rotatable bonds is 3. The summed E-state index contributed by atoms with van der Waals surface area (Å²) in [6.45, 7) is 6.49. The monoisotopic (exact) mass is 219 g/mol. The standard InChI is InChI=1S/C13H21N3/c1-11-4-3-5-12(8-11)15-9-13-10-16(2)7-6-14-13/h3-5,8,13-15H,6-7,9-10H2,1-2H3. The third kappa shape index (κ3) is 3.22. The third-order valence-corrected chi connectivity index (χ3v) is 3.03. The van der Waals surface area contributed by atoms with Crippen molar-refractivity contribution >= 4 is 5.69 Å². The molecule has 1 aromatic carbocycles. The molecule has 0 bridgehead atoms. The van der Waals surface area contributed by atoms with E-state index in [-0.39, 0.29) is 0 Å². The number of aryl methyl sites for hydroxylation is 1. The average Bonchev–Trinajstić information content (AvgIpc) is 2.27. The van der Waals surface area contributed by atoms with Crippen molar-refractivity contribution in [3.05, 3.63) is 29.8 Å². The summed E-state index contributed by atoms with van der Waals surface area (Å²) in [5, 5.41) is 7.02. The van der Waals surface area contributed by atoms with Gasteiger partial charge in [0, 0.05) is 37.9 Å². The second-order valence-electron chi connectivity index (χ2n) is 4.66. The van der Waals surface area contributed by atoms with E-state index in [2.05, 4.69) is 53.8 Å². The van der Waals surface area contributed by atoms with Gasteiger partial charge >= 0.3 is 0 Å². The highest BCUT2D eigenvalue weighted by Gasteiger charge is 2.15. The normalized spacial score (nSPS) is 22.0. The molecule has 2 rings (SSSR count). The molecule has 0 radical (unpaired) electrons. The number of likely N-dealkylation sites (N-methyl/N-ethyl adjacent to an activating group) is 1. The fraction of sp³-hybridized carbons (Fsp3) is 0.538. The fourth-order valence-electron chi connectivity index (χ4n) is 2.12. The van der Waals surface area contributed by atoms with Crippen LogP contribution < -0.4 is 10.6 Å². The van der Waals surface area contributed by atoms with E-state index >= 15 is 0 Å². The molecule has 3 heteroatoms. The summed E-state index contributed by atoms with van der Waals surface area (Å²) in [5.41, 5.74) is 2.52. The molecule has 0 amide bonds. The van der Waals surface area contributed by atoms with Gasteiger partial charge in [-0.25, -0.2) is 0 Å². The Bertz CT molecular complexity index is 338. The van der Waals surface area contributed by atoms with Crippen molar-refractivity contribution in [1.82, 2.24) is 10.2 Å². The highest BCUT2D eigenvalue weighted by Crippen LogP contribution is 2.09. The van der Waals surface area contributed by atoms with Gasteiger partial charge in [-0.15, -0.1) is 0 Å². The highest BCUT2D eigenvalue weighted by atomic mass is 15.2. The first-order valence-corrected chi connectivity index (χ1v) is 5.96. The van der Waals surface area contributed by atoms with E-state index in [9.17, 15) is 0 Å². The smallest absolute Gasteiger partial charge is 0.0369 e. The van der Waals surface area contributed by atoms with Gasteiger partial charge in [-0.3, -0.25) is 0 Å². The molecular weight excluding hydrogens is 198 g/mol. The first kappa shape index (κ1) is 11.4. The van der Waals surface area contributed by atoms with Crippen molar-refractivity contribution in [2.75, 3.05) is 38.5 Å². The van der Waals surface area contributed by atoms with E-state index in [1.807, 2.05) is 0 Å². The van der Waals surface area contributed by atoms with Gasteiger partial charge in [0.05, 0.1) is 0 Å². The van der Waals surface area contributed by atoms with E-state index < -0.39 is 0 Å². The quantitative estimate of drug-likeness (QED) is 0.802. The SMILES string of the molecule is Cc1cccc(NCC2CN(C)CCN2)c1. The van der Waals surface area contributed by atoms with Crippen LogP contribution in [0, 0.1) is 6.92 Å². The Morgan fingerprint density at radius 3 is 3.12 bits per heavy atom. The topological polar surface area (TPSA) is 27.3 Å². The van der Waals surface area contributed by atoms with E-state index in [1.54, 1.807) is 0 Å². The minimum absolute atomic E-state index is 0.555. The van der Waals surface area contributed by atoms with E-state index in [0.717, 1.165) is 26.2 Å². The second-order valence-corrected chi connectivity index (χ2v) is 4.66. The van der Waals surface area contributed by atoms with Gasteiger partial charge in [-0.2, -0.15) is 0 Å². The zero-order valence-electron chi connectivity index (χ0n) is 10.2. The predicted molar refractivity (Wildman–Crippen MR) is 69.0 cm³/mol. The van der Waals surface area contributed by atoms with Gasteiger partial charge in [0.2, 0.25) is 0 Å². The number of anilines is 1. The van der Waals surface area contributed by atoms with Crippen LogP contribution in [0.15, 0.2) is 24.3 Å². The maximum absolute atomic E-state index is 3.53. The molecular formula is C13H21N3. The largest absolute Gasteiger partial charge is 0.383 e. The van der Waals surface area contributed by atoms with E-state index in [1.165, 1.54) is 11.3 Å². The van der Waals surface area contributed by atoms with Crippen LogP contribution in [0.1, 0.15) is 5.56 Å². The Morgan fingerprint density at radius 1 is 1.50 bits per heavy atom. The molecule has 2 N–H and O–H groups in total. The molecule has 1 atom stereocenters. The Hall–Kier alpha value is -1.06. The lowest BCUT2D eigenvalue weighted by Gasteiger charge is -2.31. The first-order chi connectivity index (χ1) is 7.74. The lowest BCUT2D eigenvalue weighted by atomic mass is 10.2. The maximum Gasteiger partial charge on any atom is 0.0369 e. The van der Waals surface area contributed by atoms with E-state index in [0.29, 0.717) is 6.04 Å². The molecule has 0 aromatic heterocycles. The van der Waals surface area contributed by atoms with Gasteiger partial charge in [0.25, 0.3) is 0 Å². The molecule has 0 aliphatic carbocycles. The van der Waals surface area contributed by atoms with Crippen molar-refractivity contribution in [3.8, 4) is 0 Å². The van der Waals surface area contributed by atoms with Crippen LogP contribution in [0.4, 0.5) is 5.69 Å². The van der Waals surface area contributed by atoms with Crippen LogP contribution in [0.25, 0.3) is 0 Å². The number of piperazine rings is 1. The van der Waals surface area contributed by atoms with Crippen LogP contribution >= 0.6 is 0 Å². The Balaban J connectivity index is 1.82. The Labute approximate surface area is 97.8 Å². The summed E-state index contributed by atoms with van der Waals surface area (Å²) in [5.74, 6) is 0. The minimum Gasteiger partial charge on any atom is -0.383 e. The number of benzene rings is 1. The van der Waals surface area contributed by atoms with Gasteiger partial charge in [0.1, 0.15) is 0 Å². The molecule has 0 saturated carbocycles. The third-order valence-electron chi connectivity index (χ3n) is 3.03. The molecule has 1 fully saturated rings. The van der Waals surface area contributed by atoms with Crippen LogP contribution in [0.5, 0.6) is 0 Å². The predicted octanol–water partition coefficient (Wildman–Crippen LogP) is 1.31. The van der Waals surface area contributed by atoms with Crippen molar-refractivity contribution in [3.63, 3.8) is 0 Å². The van der Waals surface area contributed by atoms with Gasteiger partial charge < -0.3 is 15.5 Å². The van der Waals surface area contributed by atoms with Crippen LogP contribution in [0.2, 0.25) is 0 Å². The summed E-state index contributed by atoms with van der Waals surface area (Å²) in [7, 11) is 2.18. The summed E-state index contributed by atoms with van der Waals surface area (Å²) in [6.07, 6.45) is 0. The van der Waals surface area contributed by atoms with Gasteiger partial charge in [0.15, 0.2) is 0 Å². The molecule has 1 heterocycles. The molecule has 3 nitrogen and oxygen atoms in total. The van der Waals surface area contributed by atoms with Crippen molar-refractivity contribution in [2.24, 2.45) is 0 Å². The van der Waals surface area contributed by atoms with Crippen molar-refractivity contribution < 1.29 is 0 Å². The van der Waals surface area contributed by atoms with E-state index in [4.69, 9.17) is 0 Å². The van der Waals surface area contributed by atoms with Crippen LogP contribution in [-0.4, -0.2) is 44.2 Å². The number of hydrogen-bond donors (Lipinski definition) is 2. The molecule has 16 heavy (non-hydrogen) atoms. The summed E-state index contributed by atoms with van der Waals surface area (Å²) >= 11 is 0. The molecule has 1 aliphatic rings. The zero-order chi connectivity index (χ0) is 11.4.